The minimum absolute atomic E-state index is 0.188. The molecular weight excluding hydrogens is 346 g/mol. The van der Waals surface area contributed by atoms with Gasteiger partial charge in [0.2, 0.25) is 5.91 Å². The number of carbonyl (C=O) groups excluding carboxylic acids is 1. The smallest absolute Gasteiger partial charge is 0.317 e. The highest BCUT2D eigenvalue weighted by Crippen LogP contribution is 2.37. The van der Waals surface area contributed by atoms with Gasteiger partial charge in [-0.2, -0.15) is 0 Å². The minimum atomic E-state index is -1.23. The van der Waals surface area contributed by atoms with Crippen molar-refractivity contribution in [2.24, 2.45) is 5.41 Å². The Morgan fingerprint density at radius 3 is 2.63 bits per heavy atom. The van der Waals surface area contributed by atoms with Crippen LogP contribution in [0.2, 0.25) is 0 Å². The molecule has 1 atom stereocenters. The van der Waals surface area contributed by atoms with Crippen molar-refractivity contribution in [3.8, 4) is 5.75 Å². The van der Waals surface area contributed by atoms with Crippen molar-refractivity contribution >= 4 is 17.4 Å². The number of carboxylic acids is 1. The van der Waals surface area contributed by atoms with Crippen molar-refractivity contribution in [1.29, 1.82) is 0 Å². The maximum atomic E-state index is 12.3. The molecule has 1 amide bonds. The number of para-hydroxylation sites is 1. The summed E-state index contributed by atoms with van der Waals surface area (Å²) in [5, 5.41) is 9.77. The summed E-state index contributed by atoms with van der Waals surface area (Å²) in [6.45, 7) is 2.07. The Bertz CT molecular complexity index is 805. The molecule has 1 unspecified atom stereocenters. The van der Waals surface area contributed by atoms with Crippen LogP contribution in [0.5, 0.6) is 5.75 Å². The SMILES string of the molecule is COc1ccccc1C1=CCC(/C=C/C(=O)N2CCOCC2)(C(=O)O)C=C1. The number of methoxy groups -OCH3 is 1. The number of morpholine rings is 1. The second-order valence-corrected chi connectivity index (χ2v) is 6.51. The van der Waals surface area contributed by atoms with Gasteiger partial charge in [0.1, 0.15) is 11.2 Å². The number of benzene rings is 1. The minimum Gasteiger partial charge on any atom is -0.496 e. The van der Waals surface area contributed by atoms with Crippen LogP contribution >= 0.6 is 0 Å². The average Bonchev–Trinajstić information content (AvgIpc) is 2.73. The fourth-order valence-electron chi connectivity index (χ4n) is 3.20. The molecule has 142 valence electrons. The molecule has 2 aliphatic rings. The molecule has 27 heavy (non-hydrogen) atoms. The summed E-state index contributed by atoms with van der Waals surface area (Å²) < 4.78 is 10.6. The fourth-order valence-corrected chi connectivity index (χ4v) is 3.20. The number of carboxylic acid groups (broad SMARTS) is 1. The third-order valence-corrected chi connectivity index (χ3v) is 4.88. The van der Waals surface area contributed by atoms with Crippen LogP contribution in [0.25, 0.3) is 5.57 Å². The molecule has 1 N–H and O–H groups in total. The maximum absolute atomic E-state index is 12.3. The van der Waals surface area contributed by atoms with Crippen LogP contribution in [0.4, 0.5) is 0 Å². The Morgan fingerprint density at radius 1 is 1.26 bits per heavy atom. The zero-order valence-corrected chi connectivity index (χ0v) is 15.3. The normalized spacial score (nSPS) is 22.6. The molecule has 1 aromatic rings. The van der Waals surface area contributed by atoms with E-state index in [0.29, 0.717) is 26.3 Å². The number of hydrogen-bond acceptors (Lipinski definition) is 4. The maximum Gasteiger partial charge on any atom is 0.317 e. The summed E-state index contributed by atoms with van der Waals surface area (Å²) in [4.78, 5) is 25.9. The zero-order chi connectivity index (χ0) is 19.3. The van der Waals surface area contributed by atoms with E-state index in [9.17, 15) is 14.7 Å². The topological polar surface area (TPSA) is 76.1 Å². The first-order valence-corrected chi connectivity index (χ1v) is 8.88. The zero-order valence-electron chi connectivity index (χ0n) is 15.3. The number of rotatable bonds is 5. The molecule has 6 heteroatoms. The molecule has 6 nitrogen and oxygen atoms in total. The van der Waals surface area contributed by atoms with E-state index in [1.807, 2.05) is 30.3 Å². The van der Waals surface area contributed by atoms with Gasteiger partial charge < -0.3 is 19.5 Å². The van der Waals surface area contributed by atoms with Crippen molar-refractivity contribution in [3.05, 3.63) is 60.2 Å². The number of hydrogen-bond donors (Lipinski definition) is 1. The molecule has 1 saturated heterocycles. The van der Waals surface area contributed by atoms with Crippen LogP contribution in [0, 0.1) is 5.41 Å². The lowest BCUT2D eigenvalue weighted by atomic mass is 9.78. The molecule has 1 aromatic carbocycles. The number of nitrogens with zero attached hydrogens (tertiary/aromatic N) is 1. The standard InChI is InChI=1S/C21H23NO5/c1-26-18-5-3-2-4-17(18)16-6-9-21(10-7-16,20(24)25)11-8-19(23)22-12-14-27-15-13-22/h2-9,11H,10,12-15H2,1H3,(H,24,25)/b11-8+. The third-order valence-electron chi connectivity index (χ3n) is 4.88. The molecule has 1 aliphatic carbocycles. The highest BCUT2D eigenvalue weighted by atomic mass is 16.5. The Labute approximate surface area is 158 Å². The summed E-state index contributed by atoms with van der Waals surface area (Å²) in [6.07, 6.45) is 8.40. The first kappa shape index (κ1) is 18.9. The van der Waals surface area contributed by atoms with Gasteiger partial charge in [0.05, 0.1) is 20.3 Å². The van der Waals surface area contributed by atoms with E-state index in [1.54, 1.807) is 24.2 Å². The Morgan fingerprint density at radius 2 is 2.00 bits per heavy atom. The molecule has 0 aromatic heterocycles. The predicted molar refractivity (Wildman–Crippen MR) is 101 cm³/mol. The Hall–Kier alpha value is -2.86. The van der Waals surface area contributed by atoms with Gasteiger partial charge in [0.25, 0.3) is 0 Å². The second kappa shape index (κ2) is 8.22. The van der Waals surface area contributed by atoms with Crippen molar-refractivity contribution in [3.63, 3.8) is 0 Å². The number of amides is 1. The van der Waals surface area contributed by atoms with Crippen LogP contribution in [0.1, 0.15) is 12.0 Å². The van der Waals surface area contributed by atoms with E-state index < -0.39 is 11.4 Å². The van der Waals surface area contributed by atoms with Gasteiger partial charge in [-0.1, -0.05) is 42.5 Å². The quantitative estimate of drug-likeness (QED) is 0.807. The van der Waals surface area contributed by atoms with Crippen molar-refractivity contribution in [1.82, 2.24) is 4.90 Å². The summed E-state index contributed by atoms with van der Waals surface area (Å²) in [5.41, 5.74) is 0.578. The lowest BCUT2D eigenvalue weighted by Gasteiger charge is -2.27. The predicted octanol–water partition coefficient (Wildman–Crippen LogP) is 2.52. The van der Waals surface area contributed by atoms with Crippen LogP contribution in [0.3, 0.4) is 0 Å². The van der Waals surface area contributed by atoms with Crippen molar-refractivity contribution in [2.75, 3.05) is 33.4 Å². The monoisotopic (exact) mass is 369 g/mol. The van der Waals surface area contributed by atoms with E-state index in [2.05, 4.69) is 0 Å². The number of aliphatic carboxylic acids is 1. The van der Waals surface area contributed by atoms with Crippen LogP contribution in [-0.2, 0) is 14.3 Å². The van der Waals surface area contributed by atoms with Gasteiger partial charge in [-0.3, -0.25) is 9.59 Å². The second-order valence-electron chi connectivity index (χ2n) is 6.51. The highest BCUT2D eigenvalue weighted by Gasteiger charge is 2.34. The van der Waals surface area contributed by atoms with E-state index in [0.717, 1.165) is 16.9 Å². The number of ether oxygens (including phenoxy) is 2. The van der Waals surface area contributed by atoms with Gasteiger partial charge in [-0.05, 0) is 18.1 Å². The number of allylic oxidation sites excluding steroid dienone is 3. The molecule has 0 spiro atoms. The first-order chi connectivity index (χ1) is 13.1. The molecule has 1 aliphatic heterocycles. The summed E-state index contributed by atoms with van der Waals surface area (Å²) >= 11 is 0. The van der Waals surface area contributed by atoms with Gasteiger partial charge in [-0.15, -0.1) is 0 Å². The lowest BCUT2D eigenvalue weighted by Crippen LogP contribution is -2.40. The summed E-state index contributed by atoms with van der Waals surface area (Å²) in [7, 11) is 1.60. The van der Waals surface area contributed by atoms with Crippen LogP contribution < -0.4 is 4.74 Å². The molecule has 3 rings (SSSR count). The molecule has 0 radical (unpaired) electrons. The highest BCUT2D eigenvalue weighted by molar-refractivity contribution is 5.91. The van der Waals surface area contributed by atoms with E-state index in [1.165, 1.54) is 12.2 Å². The van der Waals surface area contributed by atoms with E-state index in [-0.39, 0.29) is 12.3 Å². The summed E-state index contributed by atoms with van der Waals surface area (Å²) in [5.74, 6) is -0.443. The molecule has 1 fully saturated rings. The third kappa shape index (κ3) is 4.11. The first-order valence-electron chi connectivity index (χ1n) is 8.88. The van der Waals surface area contributed by atoms with Gasteiger partial charge >= 0.3 is 5.97 Å². The average molecular weight is 369 g/mol. The van der Waals surface area contributed by atoms with E-state index in [4.69, 9.17) is 9.47 Å². The summed E-state index contributed by atoms with van der Waals surface area (Å²) in [6, 6.07) is 7.59. The van der Waals surface area contributed by atoms with Crippen molar-refractivity contribution in [2.45, 2.75) is 6.42 Å². The van der Waals surface area contributed by atoms with Gasteiger partial charge in [-0.25, -0.2) is 0 Å². The van der Waals surface area contributed by atoms with Crippen LogP contribution in [0.15, 0.2) is 54.6 Å². The van der Waals surface area contributed by atoms with Gasteiger partial charge in [0, 0.05) is 24.7 Å². The van der Waals surface area contributed by atoms with Gasteiger partial charge in [0.15, 0.2) is 0 Å². The van der Waals surface area contributed by atoms with Crippen LogP contribution in [-0.4, -0.2) is 55.3 Å². The molecule has 1 heterocycles. The van der Waals surface area contributed by atoms with E-state index >= 15 is 0 Å². The van der Waals surface area contributed by atoms with Crippen molar-refractivity contribution < 1.29 is 24.2 Å². The number of carbonyl (C=O) groups is 2. The fraction of sp³-hybridized carbons (Fsp3) is 0.333. The Kier molecular flexibility index (Phi) is 5.76. The lowest BCUT2D eigenvalue weighted by molar-refractivity contribution is -0.143. The molecular formula is C21H23NO5. The largest absolute Gasteiger partial charge is 0.496 e. The molecule has 0 bridgehead atoms. The Balaban J connectivity index is 1.78. The molecule has 0 saturated carbocycles.